The molecule has 6 nitrogen and oxygen atoms in total. The van der Waals surface area contributed by atoms with E-state index < -0.39 is 0 Å². The average molecular weight is 380 g/mol. The molecule has 4 rings (SSSR count). The molecule has 2 aromatic rings. The van der Waals surface area contributed by atoms with E-state index in [1.807, 2.05) is 18.2 Å². The number of piperidine rings is 1. The SMILES string of the molecule is CN1CCN(c2cc(C(=O)Nc3ccc(N4CCCCC4)cc3)ccn2)CC1. The third kappa shape index (κ3) is 4.44. The molecular weight excluding hydrogens is 350 g/mol. The summed E-state index contributed by atoms with van der Waals surface area (Å²) >= 11 is 0. The second-order valence-corrected chi connectivity index (χ2v) is 7.74. The fourth-order valence-corrected chi connectivity index (χ4v) is 3.88. The lowest BCUT2D eigenvalue weighted by Gasteiger charge is -2.33. The van der Waals surface area contributed by atoms with E-state index >= 15 is 0 Å². The fourth-order valence-electron chi connectivity index (χ4n) is 3.88. The molecule has 148 valence electrons. The summed E-state index contributed by atoms with van der Waals surface area (Å²) in [5.41, 5.74) is 2.70. The Morgan fingerprint density at radius 3 is 2.32 bits per heavy atom. The zero-order chi connectivity index (χ0) is 19.3. The van der Waals surface area contributed by atoms with Gasteiger partial charge in [0.15, 0.2) is 0 Å². The Hall–Kier alpha value is -2.60. The van der Waals surface area contributed by atoms with Crippen molar-refractivity contribution >= 4 is 23.1 Å². The van der Waals surface area contributed by atoms with Gasteiger partial charge < -0.3 is 20.0 Å². The van der Waals surface area contributed by atoms with Crippen LogP contribution in [0.2, 0.25) is 0 Å². The first-order valence-electron chi connectivity index (χ1n) is 10.2. The molecule has 0 radical (unpaired) electrons. The number of benzene rings is 1. The molecule has 2 fully saturated rings. The summed E-state index contributed by atoms with van der Waals surface area (Å²) in [5.74, 6) is 0.782. The molecule has 2 aliphatic rings. The minimum absolute atomic E-state index is 0.0940. The molecule has 2 aliphatic heterocycles. The van der Waals surface area contributed by atoms with Crippen molar-refractivity contribution in [3.8, 4) is 0 Å². The third-order valence-corrected chi connectivity index (χ3v) is 5.68. The molecule has 6 heteroatoms. The van der Waals surface area contributed by atoms with E-state index in [-0.39, 0.29) is 5.91 Å². The highest BCUT2D eigenvalue weighted by Gasteiger charge is 2.17. The standard InChI is InChI=1S/C22H29N5O/c1-25-13-15-27(16-14-25)21-17-18(9-10-23-21)22(28)24-19-5-7-20(8-6-19)26-11-3-2-4-12-26/h5-10,17H,2-4,11-16H2,1H3,(H,24,28). The van der Waals surface area contributed by atoms with Crippen LogP contribution >= 0.6 is 0 Å². The minimum atomic E-state index is -0.0940. The molecule has 0 aliphatic carbocycles. The summed E-state index contributed by atoms with van der Waals surface area (Å²) in [4.78, 5) is 24.1. The molecule has 0 saturated carbocycles. The molecule has 0 atom stereocenters. The lowest BCUT2D eigenvalue weighted by atomic mass is 10.1. The zero-order valence-electron chi connectivity index (χ0n) is 16.6. The number of amides is 1. The number of piperazine rings is 1. The monoisotopic (exact) mass is 379 g/mol. The van der Waals surface area contributed by atoms with E-state index in [1.54, 1.807) is 12.3 Å². The first-order valence-corrected chi connectivity index (χ1v) is 10.2. The fraction of sp³-hybridized carbons (Fsp3) is 0.455. The predicted octanol–water partition coefficient (Wildman–Crippen LogP) is 3.08. The van der Waals surface area contributed by atoms with Gasteiger partial charge in [0.25, 0.3) is 5.91 Å². The predicted molar refractivity (Wildman–Crippen MR) is 114 cm³/mol. The normalized spacial score (nSPS) is 18.2. The molecule has 3 heterocycles. The lowest BCUT2D eigenvalue weighted by molar-refractivity contribution is 0.102. The van der Waals surface area contributed by atoms with Crippen LogP contribution in [0.4, 0.5) is 17.2 Å². The topological polar surface area (TPSA) is 51.7 Å². The van der Waals surface area contributed by atoms with Crippen LogP contribution in [-0.2, 0) is 0 Å². The smallest absolute Gasteiger partial charge is 0.255 e. The Balaban J connectivity index is 1.40. The van der Waals surface area contributed by atoms with Crippen LogP contribution < -0.4 is 15.1 Å². The largest absolute Gasteiger partial charge is 0.372 e. The maximum atomic E-state index is 12.7. The number of anilines is 3. The Morgan fingerprint density at radius 2 is 1.61 bits per heavy atom. The van der Waals surface area contributed by atoms with Crippen molar-refractivity contribution in [2.75, 3.05) is 61.4 Å². The molecule has 2 saturated heterocycles. The Morgan fingerprint density at radius 1 is 0.893 bits per heavy atom. The number of hydrogen-bond donors (Lipinski definition) is 1. The van der Waals surface area contributed by atoms with Gasteiger partial charge in [-0.05, 0) is 62.7 Å². The van der Waals surface area contributed by atoms with Gasteiger partial charge in [-0.2, -0.15) is 0 Å². The van der Waals surface area contributed by atoms with Gasteiger partial charge in [0, 0.05) is 62.4 Å². The van der Waals surface area contributed by atoms with Gasteiger partial charge in [0.1, 0.15) is 5.82 Å². The number of likely N-dealkylation sites (N-methyl/N-ethyl adjacent to an activating group) is 1. The number of nitrogens with zero attached hydrogens (tertiary/aromatic N) is 4. The van der Waals surface area contributed by atoms with Gasteiger partial charge in [-0.15, -0.1) is 0 Å². The van der Waals surface area contributed by atoms with E-state index in [0.717, 1.165) is 50.8 Å². The van der Waals surface area contributed by atoms with Crippen molar-refractivity contribution in [3.05, 3.63) is 48.2 Å². The van der Waals surface area contributed by atoms with E-state index in [2.05, 4.69) is 44.2 Å². The molecule has 1 amide bonds. The van der Waals surface area contributed by atoms with Gasteiger partial charge in [-0.25, -0.2) is 4.98 Å². The number of carbonyl (C=O) groups excluding carboxylic acids is 1. The number of aromatic nitrogens is 1. The Labute approximate surface area is 167 Å². The summed E-state index contributed by atoms with van der Waals surface area (Å²) in [6.07, 6.45) is 5.57. The maximum Gasteiger partial charge on any atom is 0.255 e. The van der Waals surface area contributed by atoms with Crippen LogP contribution in [0.5, 0.6) is 0 Å². The van der Waals surface area contributed by atoms with Crippen molar-refractivity contribution in [3.63, 3.8) is 0 Å². The molecular formula is C22H29N5O. The second-order valence-electron chi connectivity index (χ2n) is 7.74. The van der Waals surface area contributed by atoms with E-state index in [1.165, 1.54) is 24.9 Å². The Bertz CT molecular complexity index is 793. The van der Waals surface area contributed by atoms with E-state index in [9.17, 15) is 4.79 Å². The molecule has 0 spiro atoms. The van der Waals surface area contributed by atoms with Crippen molar-refractivity contribution in [2.45, 2.75) is 19.3 Å². The van der Waals surface area contributed by atoms with Gasteiger partial charge >= 0.3 is 0 Å². The lowest BCUT2D eigenvalue weighted by Crippen LogP contribution is -2.44. The Kier molecular flexibility index (Phi) is 5.76. The average Bonchev–Trinajstić information content (AvgIpc) is 2.75. The van der Waals surface area contributed by atoms with Crippen molar-refractivity contribution in [2.24, 2.45) is 0 Å². The van der Waals surface area contributed by atoms with Crippen LogP contribution in [-0.4, -0.2) is 62.1 Å². The number of nitrogens with one attached hydrogen (secondary N) is 1. The van der Waals surface area contributed by atoms with Gasteiger partial charge in [0.2, 0.25) is 0 Å². The summed E-state index contributed by atoms with van der Waals surface area (Å²) < 4.78 is 0. The van der Waals surface area contributed by atoms with Crippen LogP contribution in [0.3, 0.4) is 0 Å². The van der Waals surface area contributed by atoms with Crippen LogP contribution in [0.15, 0.2) is 42.6 Å². The third-order valence-electron chi connectivity index (χ3n) is 5.68. The summed E-state index contributed by atoms with van der Waals surface area (Å²) in [7, 11) is 2.13. The number of rotatable bonds is 4. The minimum Gasteiger partial charge on any atom is -0.372 e. The summed E-state index contributed by atoms with van der Waals surface area (Å²) in [5, 5.41) is 3.01. The van der Waals surface area contributed by atoms with Gasteiger partial charge in [-0.1, -0.05) is 0 Å². The molecule has 1 N–H and O–H groups in total. The van der Waals surface area contributed by atoms with Crippen LogP contribution in [0, 0.1) is 0 Å². The molecule has 1 aromatic carbocycles. The first kappa shape index (κ1) is 18.7. The van der Waals surface area contributed by atoms with Crippen LogP contribution in [0.1, 0.15) is 29.6 Å². The molecule has 28 heavy (non-hydrogen) atoms. The van der Waals surface area contributed by atoms with Gasteiger partial charge in [0.05, 0.1) is 0 Å². The maximum absolute atomic E-state index is 12.7. The van der Waals surface area contributed by atoms with Crippen molar-refractivity contribution < 1.29 is 4.79 Å². The summed E-state index contributed by atoms with van der Waals surface area (Å²) in [6.45, 7) is 6.15. The number of carbonyl (C=O) groups is 1. The number of pyridine rings is 1. The van der Waals surface area contributed by atoms with E-state index in [0.29, 0.717) is 5.56 Å². The highest BCUT2D eigenvalue weighted by atomic mass is 16.1. The zero-order valence-corrected chi connectivity index (χ0v) is 16.6. The van der Waals surface area contributed by atoms with Gasteiger partial charge in [-0.3, -0.25) is 4.79 Å². The number of hydrogen-bond acceptors (Lipinski definition) is 5. The van der Waals surface area contributed by atoms with E-state index in [4.69, 9.17) is 0 Å². The van der Waals surface area contributed by atoms with Crippen molar-refractivity contribution in [1.29, 1.82) is 0 Å². The van der Waals surface area contributed by atoms with Crippen molar-refractivity contribution in [1.82, 2.24) is 9.88 Å². The molecule has 1 aromatic heterocycles. The quantitative estimate of drug-likeness (QED) is 0.885. The molecule has 0 unspecified atom stereocenters. The highest BCUT2D eigenvalue weighted by molar-refractivity contribution is 6.04. The second kappa shape index (κ2) is 8.61. The van der Waals surface area contributed by atoms with Crippen LogP contribution in [0.25, 0.3) is 0 Å². The highest BCUT2D eigenvalue weighted by Crippen LogP contribution is 2.22. The summed E-state index contributed by atoms with van der Waals surface area (Å²) in [6, 6.07) is 11.8. The first-order chi connectivity index (χ1) is 13.7. The molecule has 0 bridgehead atoms.